The number of para-hydroxylation sites is 1. The van der Waals surface area contributed by atoms with E-state index in [1.807, 2.05) is 37.3 Å². The number of aliphatic imine (C=N–C) groups is 1. The number of aliphatic hydroxyl groups is 1. The van der Waals surface area contributed by atoms with Gasteiger partial charge in [-0.25, -0.2) is 4.99 Å². The molecule has 0 radical (unpaired) electrons. The van der Waals surface area contributed by atoms with Gasteiger partial charge in [-0.2, -0.15) is 0 Å². The number of aliphatic hydroxyl groups excluding tert-OH is 1. The van der Waals surface area contributed by atoms with Gasteiger partial charge in [-0.1, -0.05) is 18.2 Å². The van der Waals surface area contributed by atoms with E-state index in [9.17, 15) is 5.11 Å². The number of ether oxygens (including phenoxy) is 1. The van der Waals surface area contributed by atoms with Gasteiger partial charge in [0.15, 0.2) is 5.96 Å². The lowest BCUT2D eigenvalue weighted by Gasteiger charge is -2.27. The second-order valence-corrected chi connectivity index (χ2v) is 6.11. The zero-order valence-corrected chi connectivity index (χ0v) is 14.2. The Kier molecular flexibility index (Phi) is 7.20. The van der Waals surface area contributed by atoms with Gasteiger partial charge < -0.3 is 20.5 Å². The fourth-order valence-corrected chi connectivity index (χ4v) is 2.72. The monoisotopic (exact) mass is 319 g/mol. The van der Waals surface area contributed by atoms with Gasteiger partial charge in [-0.3, -0.25) is 0 Å². The molecule has 1 aliphatic carbocycles. The average molecular weight is 319 g/mol. The molecule has 0 spiro atoms. The molecular formula is C18H29N3O2. The molecule has 0 heterocycles. The maximum absolute atomic E-state index is 9.59. The topological polar surface area (TPSA) is 65.9 Å². The molecule has 0 aliphatic heterocycles. The number of guanidine groups is 1. The van der Waals surface area contributed by atoms with Crippen LogP contribution in [0.1, 0.15) is 39.5 Å². The summed E-state index contributed by atoms with van der Waals surface area (Å²) in [6.07, 6.45) is 3.59. The highest BCUT2D eigenvalue weighted by molar-refractivity contribution is 5.80. The first-order chi connectivity index (χ1) is 11.2. The van der Waals surface area contributed by atoms with Crippen LogP contribution in [0, 0.1) is 0 Å². The normalized spacial score (nSPS) is 23.2. The minimum absolute atomic E-state index is 0.0148. The van der Waals surface area contributed by atoms with Crippen molar-refractivity contribution in [1.29, 1.82) is 0 Å². The molecule has 1 atom stereocenters. The summed E-state index contributed by atoms with van der Waals surface area (Å²) in [6.45, 7) is 5.51. The van der Waals surface area contributed by atoms with E-state index in [0.29, 0.717) is 12.6 Å². The lowest BCUT2D eigenvalue weighted by molar-refractivity contribution is 0.120. The number of hydrogen-bond acceptors (Lipinski definition) is 3. The van der Waals surface area contributed by atoms with Crippen LogP contribution in [-0.2, 0) is 0 Å². The average Bonchev–Trinajstić information content (AvgIpc) is 2.56. The number of hydrogen-bond donors (Lipinski definition) is 3. The van der Waals surface area contributed by atoms with Gasteiger partial charge in [-0.15, -0.1) is 0 Å². The van der Waals surface area contributed by atoms with E-state index < -0.39 is 0 Å². The summed E-state index contributed by atoms with van der Waals surface area (Å²) in [5, 5.41) is 16.3. The molecule has 1 aromatic rings. The molecule has 23 heavy (non-hydrogen) atoms. The van der Waals surface area contributed by atoms with Crippen molar-refractivity contribution in [3.8, 4) is 5.75 Å². The maximum atomic E-state index is 9.59. The van der Waals surface area contributed by atoms with Crippen LogP contribution in [0.15, 0.2) is 35.3 Å². The van der Waals surface area contributed by atoms with E-state index in [-0.39, 0.29) is 12.2 Å². The standard InChI is InChI=1S/C18H29N3O2/c1-3-19-18(21-15-9-11-16(22)12-10-15)20-13-14(2)23-17-7-5-4-6-8-17/h4-8,14-16,22H,3,9-13H2,1-2H3,(H2,19,20,21). The Morgan fingerprint density at radius 2 is 1.96 bits per heavy atom. The Hall–Kier alpha value is -1.75. The van der Waals surface area contributed by atoms with E-state index in [2.05, 4.69) is 22.5 Å². The second-order valence-electron chi connectivity index (χ2n) is 6.11. The van der Waals surface area contributed by atoms with E-state index in [0.717, 1.165) is 43.9 Å². The van der Waals surface area contributed by atoms with E-state index >= 15 is 0 Å². The quantitative estimate of drug-likeness (QED) is 0.556. The predicted molar refractivity (Wildman–Crippen MR) is 93.9 cm³/mol. The fourth-order valence-electron chi connectivity index (χ4n) is 2.72. The zero-order valence-electron chi connectivity index (χ0n) is 14.2. The van der Waals surface area contributed by atoms with Crippen molar-refractivity contribution in [3.05, 3.63) is 30.3 Å². The van der Waals surface area contributed by atoms with Crippen LogP contribution in [0.4, 0.5) is 0 Å². The predicted octanol–water partition coefficient (Wildman–Crippen LogP) is 2.31. The van der Waals surface area contributed by atoms with Gasteiger partial charge in [0.1, 0.15) is 11.9 Å². The molecule has 5 heteroatoms. The summed E-state index contributed by atoms with van der Waals surface area (Å²) in [5.41, 5.74) is 0. The Morgan fingerprint density at radius 3 is 2.61 bits per heavy atom. The van der Waals surface area contributed by atoms with Crippen molar-refractivity contribution < 1.29 is 9.84 Å². The summed E-state index contributed by atoms with van der Waals surface area (Å²) < 4.78 is 5.85. The van der Waals surface area contributed by atoms with Gasteiger partial charge in [0, 0.05) is 12.6 Å². The Morgan fingerprint density at radius 1 is 1.26 bits per heavy atom. The van der Waals surface area contributed by atoms with Crippen molar-refractivity contribution in [2.24, 2.45) is 4.99 Å². The van der Waals surface area contributed by atoms with Crippen LogP contribution in [0.3, 0.4) is 0 Å². The van der Waals surface area contributed by atoms with E-state index in [4.69, 9.17) is 4.74 Å². The molecule has 0 bridgehead atoms. The van der Waals surface area contributed by atoms with E-state index in [1.54, 1.807) is 0 Å². The summed E-state index contributed by atoms with van der Waals surface area (Å²) in [6, 6.07) is 10.2. The number of nitrogens with one attached hydrogen (secondary N) is 2. The smallest absolute Gasteiger partial charge is 0.191 e. The third-order valence-corrected chi connectivity index (χ3v) is 3.97. The largest absolute Gasteiger partial charge is 0.489 e. The Labute approximate surface area is 139 Å². The highest BCUT2D eigenvalue weighted by Crippen LogP contribution is 2.18. The summed E-state index contributed by atoms with van der Waals surface area (Å²) >= 11 is 0. The molecule has 1 saturated carbocycles. The van der Waals surface area contributed by atoms with Gasteiger partial charge in [-0.05, 0) is 51.7 Å². The van der Waals surface area contributed by atoms with Crippen molar-refractivity contribution >= 4 is 5.96 Å². The molecule has 1 aliphatic rings. The Bertz CT molecular complexity index is 470. The zero-order chi connectivity index (χ0) is 16.5. The molecule has 0 aromatic heterocycles. The van der Waals surface area contributed by atoms with Crippen molar-refractivity contribution in [2.45, 2.75) is 57.8 Å². The first-order valence-electron chi connectivity index (χ1n) is 8.62. The first kappa shape index (κ1) is 17.6. The van der Waals surface area contributed by atoms with Gasteiger partial charge in [0.25, 0.3) is 0 Å². The van der Waals surface area contributed by atoms with Crippen LogP contribution < -0.4 is 15.4 Å². The van der Waals surface area contributed by atoms with Gasteiger partial charge in [0.05, 0.1) is 12.6 Å². The van der Waals surface area contributed by atoms with Gasteiger partial charge in [0.2, 0.25) is 0 Å². The van der Waals surface area contributed by atoms with Gasteiger partial charge >= 0.3 is 0 Å². The van der Waals surface area contributed by atoms with Crippen molar-refractivity contribution in [1.82, 2.24) is 10.6 Å². The minimum Gasteiger partial charge on any atom is -0.489 e. The SMILES string of the molecule is CCNC(=NCC(C)Oc1ccccc1)NC1CCC(O)CC1. The summed E-state index contributed by atoms with van der Waals surface area (Å²) in [5.74, 6) is 1.70. The van der Waals surface area contributed by atoms with Crippen LogP contribution in [0.25, 0.3) is 0 Å². The third kappa shape index (κ3) is 6.48. The second kappa shape index (κ2) is 9.40. The molecule has 0 saturated heterocycles. The lowest BCUT2D eigenvalue weighted by atomic mass is 9.93. The summed E-state index contributed by atoms with van der Waals surface area (Å²) in [4.78, 5) is 4.63. The highest BCUT2D eigenvalue weighted by Gasteiger charge is 2.20. The molecule has 0 amide bonds. The first-order valence-corrected chi connectivity index (χ1v) is 8.62. The number of benzene rings is 1. The minimum atomic E-state index is -0.133. The molecule has 2 rings (SSSR count). The summed E-state index contributed by atoms with van der Waals surface area (Å²) in [7, 11) is 0. The molecule has 3 N–H and O–H groups in total. The molecule has 1 fully saturated rings. The van der Waals surface area contributed by atoms with Crippen molar-refractivity contribution in [2.75, 3.05) is 13.1 Å². The lowest BCUT2D eigenvalue weighted by Crippen LogP contribution is -2.45. The van der Waals surface area contributed by atoms with Crippen molar-refractivity contribution in [3.63, 3.8) is 0 Å². The third-order valence-electron chi connectivity index (χ3n) is 3.97. The fraction of sp³-hybridized carbons (Fsp3) is 0.611. The molecule has 1 aromatic carbocycles. The highest BCUT2D eigenvalue weighted by atomic mass is 16.5. The van der Waals surface area contributed by atoms with E-state index in [1.165, 1.54) is 0 Å². The molecule has 5 nitrogen and oxygen atoms in total. The number of rotatable bonds is 6. The van der Waals surface area contributed by atoms with Crippen LogP contribution in [0.2, 0.25) is 0 Å². The Balaban J connectivity index is 1.82. The van der Waals surface area contributed by atoms with Crippen LogP contribution in [0.5, 0.6) is 5.75 Å². The molecular weight excluding hydrogens is 290 g/mol. The van der Waals surface area contributed by atoms with Crippen LogP contribution >= 0.6 is 0 Å². The molecule has 128 valence electrons. The number of nitrogens with zero attached hydrogens (tertiary/aromatic N) is 1. The van der Waals surface area contributed by atoms with Crippen LogP contribution in [-0.4, -0.2) is 42.4 Å². The maximum Gasteiger partial charge on any atom is 0.191 e. The molecule has 1 unspecified atom stereocenters.